The normalized spacial score (nSPS) is 9.13. The van der Waals surface area contributed by atoms with Crippen molar-refractivity contribution in [3.05, 3.63) is 33.9 Å². The van der Waals surface area contributed by atoms with Crippen LogP contribution in [0.2, 0.25) is 0 Å². The second-order valence-corrected chi connectivity index (χ2v) is 3.25. The molecule has 0 aliphatic rings. The topological polar surface area (TPSA) is 69.2 Å². The Kier molecular flexibility index (Phi) is 4.01. The lowest BCUT2D eigenvalue weighted by Crippen LogP contribution is -1.95. The lowest BCUT2D eigenvalue weighted by molar-refractivity contribution is -0.383. The highest BCUT2D eigenvalue weighted by molar-refractivity contribution is 7.80. The van der Waals surface area contributed by atoms with Crippen LogP contribution in [0.3, 0.4) is 0 Å². The Morgan fingerprint density at radius 2 is 2.27 bits per heavy atom. The van der Waals surface area contributed by atoms with Crippen LogP contribution in [0.25, 0.3) is 0 Å². The fraction of sp³-hybridized carbons (Fsp3) is 0.200. The van der Waals surface area contributed by atoms with Gasteiger partial charge in [-0.15, -0.1) is 0 Å². The molecule has 0 radical (unpaired) electrons. The lowest BCUT2D eigenvalue weighted by Gasteiger charge is -1.96. The largest absolute Gasteiger partial charge is 0.393 e. The SMILES string of the molecule is Nc1cc(C#CCCS)ccc1[N+](=O)[O-]. The van der Waals surface area contributed by atoms with Gasteiger partial charge in [0.25, 0.3) is 5.69 Å². The van der Waals surface area contributed by atoms with Crippen LogP contribution < -0.4 is 5.73 Å². The molecule has 5 heteroatoms. The maximum atomic E-state index is 10.5. The molecule has 1 aromatic carbocycles. The van der Waals surface area contributed by atoms with Crippen LogP contribution in [-0.4, -0.2) is 10.7 Å². The van der Waals surface area contributed by atoms with Gasteiger partial charge >= 0.3 is 0 Å². The molecule has 0 amide bonds. The molecule has 1 aromatic rings. The molecule has 0 unspecified atom stereocenters. The number of rotatable bonds is 2. The summed E-state index contributed by atoms with van der Waals surface area (Å²) in [6, 6.07) is 4.45. The van der Waals surface area contributed by atoms with E-state index in [1.165, 1.54) is 12.1 Å². The van der Waals surface area contributed by atoms with E-state index in [0.29, 0.717) is 17.7 Å². The van der Waals surface area contributed by atoms with Gasteiger partial charge in [0, 0.05) is 23.8 Å². The second kappa shape index (κ2) is 5.27. The van der Waals surface area contributed by atoms with E-state index in [0.717, 1.165) is 0 Å². The molecule has 0 spiro atoms. The summed E-state index contributed by atoms with van der Waals surface area (Å²) in [5, 5.41) is 10.5. The lowest BCUT2D eigenvalue weighted by atomic mass is 10.2. The first kappa shape index (κ1) is 11.4. The maximum Gasteiger partial charge on any atom is 0.292 e. The van der Waals surface area contributed by atoms with E-state index in [4.69, 9.17) is 5.73 Å². The van der Waals surface area contributed by atoms with Crippen LogP contribution in [-0.2, 0) is 0 Å². The van der Waals surface area contributed by atoms with E-state index in [-0.39, 0.29) is 11.4 Å². The van der Waals surface area contributed by atoms with Crippen molar-refractivity contribution >= 4 is 24.0 Å². The average molecular weight is 222 g/mol. The Balaban J connectivity index is 2.93. The molecule has 4 nitrogen and oxygen atoms in total. The van der Waals surface area contributed by atoms with E-state index >= 15 is 0 Å². The van der Waals surface area contributed by atoms with Crippen molar-refractivity contribution in [1.29, 1.82) is 0 Å². The third-order valence-corrected chi connectivity index (χ3v) is 1.92. The number of hydrogen-bond donors (Lipinski definition) is 2. The monoisotopic (exact) mass is 222 g/mol. The predicted molar refractivity (Wildman–Crippen MR) is 62.9 cm³/mol. The number of nitro benzene ring substituents is 1. The molecule has 0 aromatic heterocycles. The highest BCUT2D eigenvalue weighted by atomic mass is 32.1. The van der Waals surface area contributed by atoms with Crippen LogP contribution in [0.15, 0.2) is 18.2 Å². The minimum atomic E-state index is -0.514. The van der Waals surface area contributed by atoms with Gasteiger partial charge in [0.1, 0.15) is 5.69 Å². The molecule has 15 heavy (non-hydrogen) atoms. The van der Waals surface area contributed by atoms with Gasteiger partial charge in [-0.1, -0.05) is 11.8 Å². The Labute approximate surface area is 93.0 Å². The molecule has 78 valence electrons. The highest BCUT2D eigenvalue weighted by Crippen LogP contribution is 2.21. The van der Waals surface area contributed by atoms with E-state index in [2.05, 4.69) is 24.5 Å². The van der Waals surface area contributed by atoms with Crippen LogP contribution in [0, 0.1) is 22.0 Å². The Morgan fingerprint density at radius 3 is 2.80 bits per heavy atom. The molecule has 1 rings (SSSR count). The predicted octanol–water partition coefficient (Wildman–Crippen LogP) is 1.85. The summed E-state index contributed by atoms with van der Waals surface area (Å²) in [5.41, 5.74) is 6.23. The van der Waals surface area contributed by atoms with Gasteiger partial charge in [-0.05, 0) is 12.1 Å². The van der Waals surface area contributed by atoms with Gasteiger partial charge in [-0.25, -0.2) is 0 Å². The van der Waals surface area contributed by atoms with Crippen molar-refractivity contribution in [2.45, 2.75) is 6.42 Å². The van der Waals surface area contributed by atoms with Crippen molar-refractivity contribution in [1.82, 2.24) is 0 Å². The first-order chi connectivity index (χ1) is 7.15. The van der Waals surface area contributed by atoms with Crippen LogP contribution in [0.4, 0.5) is 11.4 Å². The molecule has 0 aliphatic heterocycles. The molecule has 0 saturated heterocycles. The standard InChI is InChI=1S/C10H10N2O2S/c11-9-7-8(3-1-2-6-15)4-5-10(9)12(13)14/h4-5,7,15H,2,6,11H2. The Hall–Kier alpha value is -1.67. The van der Waals surface area contributed by atoms with Gasteiger partial charge in [0.05, 0.1) is 4.92 Å². The molecular formula is C10H10N2O2S. The van der Waals surface area contributed by atoms with Crippen molar-refractivity contribution in [3.8, 4) is 11.8 Å². The Morgan fingerprint density at radius 1 is 1.53 bits per heavy atom. The molecular weight excluding hydrogens is 212 g/mol. The maximum absolute atomic E-state index is 10.5. The number of nitrogens with zero attached hydrogens (tertiary/aromatic N) is 1. The fourth-order valence-electron chi connectivity index (χ4n) is 1.02. The number of benzene rings is 1. The van der Waals surface area contributed by atoms with Crippen molar-refractivity contribution in [2.75, 3.05) is 11.5 Å². The van der Waals surface area contributed by atoms with Crippen LogP contribution in [0.1, 0.15) is 12.0 Å². The van der Waals surface area contributed by atoms with E-state index in [1.54, 1.807) is 6.07 Å². The smallest absolute Gasteiger partial charge is 0.292 e. The first-order valence-corrected chi connectivity index (χ1v) is 4.92. The van der Waals surface area contributed by atoms with Gasteiger partial charge in [0.15, 0.2) is 0 Å². The summed E-state index contributed by atoms with van der Waals surface area (Å²) in [4.78, 5) is 9.96. The minimum absolute atomic E-state index is 0.0882. The van der Waals surface area contributed by atoms with Gasteiger partial charge in [0.2, 0.25) is 0 Å². The average Bonchev–Trinajstić information content (AvgIpc) is 2.17. The van der Waals surface area contributed by atoms with E-state index in [9.17, 15) is 10.1 Å². The molecule has 2 N–H and O–H groups in total. The van der Waals surface area contributed by atoms with E-state index < -0.39 is 4.92 Å². The summed E-state index contributed by atoms with van der Waals surface area (Å²) in [6.45, 7) is 0. The van der Waals surface area contributed by atoms with E-state index in [1.807, 2.05) is 0 Å². The fourth-order valence-corrected chi connectivity index (χ4v) is 1.13. The van der Waals surface area contributed by atoms with Gasteiger partial charge in [-0.2, -0.15) is 12.6 Å². The number of anilines is 1. The molecule has 0 heterocycles. The number of nitro groups is 1. The van der Waals surface area contributed by atoms with Crippen molar-refractivity contribution < 1.29 is 4.92 Å². The van der Waals surface area contributed by atoms with Crippen molar-refractivity contribution in [3.63, 3.8) is 0 Å². The Bertz CT molecular complexity index is 435. The highest BCUT2D eigenvalue weighted by Gasteiger charge is 2.09. The zero-order valence-corrected chi connectivity index (χ0v) is 8.83. The third-order valence-electron chi connectivity index (χ3n) is 1.69. The van der Waals surface area contributed by atoms with Crippen LogP contribution >= 0.6 is 12.6 Å². The number of nitrogens with two attached hydrogens (primary N) is 1. The molecule has 0 aliphatic carbocycles. The summed E-state index contributed by atoms with van der Waals surface area (Å²) < 4.78 is 0. The van der Waals surface area contributed by atoms with Crippen LogP contribution in [0.5, 0.6) is 0 Å². The van der Waals surface area contributed by atoms with Gasteiger partial charge in [-0.3, -0.25) is 10.1 Å². The minimum Gasteiger partial charge on any atom is -0.393 e. The summed E-state index contributed by atoms with van der Waals surface area (Å²) in [6.07, 6.45) is 0.681. The number of hydrogen-bond acceptors (Lipinski definition) is 4. The molecule has 0 atom stereocenters. The molecule has 0 bridgehead atoms. The molecule has 0 saturated carbocycles. The first-order valence-electron chi connectivity index (χ1n) is 4.29. The summed E-state index contributed by atoms with van der Waals surface area (Å²) >= 11 is 4.01. The van der Waals surface area contributed by atoms with Gasteiger partial charge < -0.3 is 5.73 Å². The zero-order valence-electron chi connectivity index (χ0n) is 7.93. The van der Waals surface area contributed by atoms with Crippen molar-refractivity contribution in [2.24, 2.45) is 0 Å². The quantitative estimate of drug-likeness (QED) is 0.264. The molecule has 0 fully saturated rings. The zero-order chi connectivity index (χ0) is 11.3. The second-order valence-electron chi connectivity index (χ2n) is 2.81. The third kappa shape index (κ3) is 3.18. The summed E-state index contributed by atoms with van der Waals surface area (Å²) in [7, 11) is 0. The summed E-state index contributed by atoms with van der Waals surface area (Å²) in [5.74, 6) is 6.42. The number of thiol groups is 1. The number of nitrogen functional groups attached to an aromatic ring is 1.